The van der Waals surface area contributed by atoms with Gasteiger partial charge >= 0.3 is 0 Å². The number of anilines is 1. The summed E-state index contributed by atoms with van der Waals surface area (Å²) in [4.78, 5) is 27.9. The monoisotopic (exact) mass is 489 g/mol. The highest BCUT2D eigenvalue weighted by molar-refractivity contribution is 6.51. The summed E-state index contributed by atoms with van der Waals surface area (Å²) in [5, 5.41) is 11.7. The van der Waals surface area contributed by atoms with Crippen LogP contribution in [0.4, 0.5) is 5.69 Å². The minimum atomic E-state index is -0.793. The number of aliphatic hydroxyl groups excluding tert-OH is 1. The maximum Gasteiger partial charge on any atom is 0.300 e. The average molecular weight is 490 g/mol. The Kier molecular flexibility index (Phi) is 7.57. The zero-order chi connectivity index (χ0) is 24.9. The number of aryl methyl sites for hydroxylation is 1. The lowest BCUT2D eigenvalue weighted by molar-refractivity contribution is -0.132. The van der Waals surface area contributed by atoms with E-state index in [1.54, 1.807) is 48.5 Å². The lowest BCUT2D eigenvalue weighted by atomic mass is 9.94. The number of hydrogen-bond acceptors (Lipinski definition) is 4. The minimum absolute atomic E-state index is 0.0391. The van der Waals surface area contributed by atoms with Crippen molar-refractivity contribution in [1.29, 1.82) is 0 Å². The van der Waals surface area contributed by atoms with Crippen LogP contribution in [0.3, 0.4) is 0 Å². The molecule has 1 atom stereocenters. The molecule has 3 aromatic carbocycles. The molecule has 1 fully saturated rings. The summed E-state index contributed by atoms with van der Waals surface area (Å²) >= 11 is 6.19. The SMILES string of the molecule is CCCCCOc1ccc(/C(O)=C2\C(=O)C(=O)N(c3cccc(Cl)c3)C2c2cccc(C)c2)cc1. The van der Waals surface area contributed by atoms with Crippen LogP contribution in [0.5, 0.6) is 5.75 Å². The molecule has 4 rings (SSSR count). The Hall–Kier alpha value is -3.57. The smallest absolute Gasteiger partial charge is 0.300 e. The van der Waals surface area contributed by atoms with Gasteiger partial charge in [-0.05, 0) is 61.4 Å². The topological polar surface area (TPSA) is 66.8 Å². The minimum Gasteiger partial charge on any atom is -0.507 e. The highest BCUT2D eigenvalue weighted by Crippen LogP contribution is 2.42. The number of ketones is 1. The lowest BCUT2D eigenvalue weighted by Gasteiger charge is -2.26. The first kappa shape index (κ1) is 24.6. The highest BCUT2D eigenvalue weighted by atomic mass is 35.5. The second-order valence-electron chi connectivity index (χ2n) is 8.64. The number of rotatable bonds is 8. The number of carbonyl (C=O) groups excluding carboxylic acids is 2. The van der Waals surface area contributed by atoms with Crippen LogP contribution in [-0.4, -0.2) is 23.4 Å². The summed E-state index contributed by atoms with van der Waals surface area (Å²) in [6.07, 6.45) is 3.19. The summed E-state index contributed by atoms with van der Waals surface area (Å²) in [7, 11) is 0. The van der Waals surface area contributed by atoms with Crippen molar-refractivity contribution in [2.75, 3.05) is 11.5 Å². The van der Waals surface area contributed by atoms with Gasteiger partial charge < -0.3 is 9.84 Å². The number of unbranched alkanes of at least 4 members (excludes halogenated alkanes) is 2. The zero-order valence-corrected chi connectivity index (χ0v) is 20.6. The molecule has 6 heteroatoms. The van der Waals surface area contributed by atoms with E-state index in [0.29, 0.717) is 28.6 Å². The fourth-order valence-electron chi connectivity index (χ4n) is 4.29. The maximum absolute atomic E-state index is 13.3. The van der Waals surface area contributed by atoms with Gasteiger partial charge in [0.1, 0.15) is 11.5 Å². The number of benzene rings is 3. The predicted octanol–water partition coefficient (Wildman–Crippen LogP) is 6.84. The molecule has 0 aromatic heterocycles. The Morgan fingerprint density at radius 2 is 1.74 bits per heavy atom. The lowest BCUT2D eigenvalue weighted by Crippen LogP contribution is -2.29. The fraction of sp³-hybridized carbons (Fsp3) is 0.241. The standard InChI is InChI=1S/C29H28ClNO4/c1-3-4-5-16-35-24-14-12-20(13-15-24)27(32)25-26(21-9-6-8-19(2)17-21)31(29(34)28(25)33)23-11-7-10-22(30)18-23/h6-15,17-18,26,32H,3-5,16H2,1-2H3/b27-25+. The van der Waals surface area contributed by atoms with Crippen molar-refractivity contribution in [1.82, 2.24) is 0 Å². The summed E-state index contributed by atoms with van der Waals surface area (Å²) in [5.41, 5.74) is 2.66. The van der Waals surface area contributed by atoms with Gasteiger partial charge in [0, 0.05) is 16.3 Å². The van der Waals surface area contributed by atoms with E-state index in [2.05, 4.69) is 6.92 Å². The molecule has 1 saturated heterocycles. The Labute approximate surface area is 210 Å². The number of carbonyl (C=O) groups is 2. The van der Waals surface area contributed by atoms with Gasteiger partial charge in [-0.15, -0.1) is 0 Å². The third-order valence-electron chi connectivity index (χ3n) is 6.03. The van der Waals surface area contributed by atoms with Gasteiger partial charge in [0.05, 0.1) is 18.2 Å². The van der Waals surface area contributed by atoms with Gasteiger partial charge in [0.2, 0.25) is 0 Å². The molecule has 3 aromatic rings. The predicted molar refractivity (Wildman–Crippen MR) is 139 cm³/mol. The molecule has 1 N–H and O–H groups in total. The summed E-state index contributed by atoms with van der Waals surface area (Å²) < 4.78 is 5.76. The fourth-order valence-corrected chi connectivity index (χ4v) is 4.47. The van der Waals surface area contributed by atoms with Crippen LogP contribution in [0.15, 0.2) is 78.4 Å². The molecule has 0 aliphatic carbocycles. The first-order valence-electron chi connectivity index (χ1n) is 11.8. The van der Waals surface area contributed by atoms with E-state index in [1.807, 2.05) is 31.2 Å². The number of hydrogen-bond donors (Lipinski definition) is 1. The van der Waals surface area contributed by atoms with E-state index >= 15 is 0 Å². The number of halogens is 1. The number of nitrogens with zero attached hydrogens (tertiary/aromatic N) is 1. The van der Waals surface area contributed by atoms with Crippen LogP contribution >= 0.6 is 11.6 Å². The highest BCUT2D eigenvalue weighted by Gasteiger charge is 2.47. The van der Waals surface area contributed by atoms with Crippen LogP contribution in [0.25, 0.3) is 5.76 Å². The molecule has 0 saturated carbocycles. The second-order valence-corrected chi connectivity index (χ2v) is 9.08. The summed E-state index contributed by atoms with van der Waals surface area (Å²) in [6, 6.07) is 20.5. The average Bonchev–Trinajstić information content (AvgIpc) is 3.12. The Morgan fingerprint density at radius 3 is 2.43 bits per heavy atom. The van der Waals surface area contributed by atoms with Crippen LogP contribution in [-0.2, 0) is 9.59 Å². The number of aliphatic hydroxyl groups is 1. The van der Waals surface area contributed by atoms with E-state index in [4.69, 9.17) is 16.3 Å². The number of Topliss-reactive ketones (excluding diaryl/α,β-unsaturated/α-hetero) is 1. The molecule has 0 spiro atoms. The molecule has 5 nitrogen and oxygen atoms in total. The first-order chi connectivity index (χ1) is 16.9. The molecular weight excluding hydrogens is 462 g/mol. The molecule has 1 amide bonds. The molecule has 0 radical (unpaired) electrons. The Balaban J connectivity index is 1.76. The Morgan fingerprint density at radius 1 is 1.00 bits per heavy atom. The van der Waals surface area contributed by atoms with Crippen molar-refractivity contribution < 1.29 is 19.4 Å². The molecule has 1 unspecified atom stereocenters. The number of amides is 1. The van der Waals surface area contributed by atoms with Gasteiger partial charge in [-0.1, -0.05) is 67.3 Å². The largest absolute Gasteiger partial charge is 0.507 e. The van der Waals surface area contributed by atoms with E-state index in [1.165, 1.54) is 4.90 Å². The second kappa shape index (κ2) is 10.8. The number of ether oxygens (including phenoxy) is 1. The van der Waals surface area contributed by atoms with Crippen molar-refractivity contribution >= 4 is 34.7 Å². The van der Waals surface area contributed by atoms with Crippen LogP contribution < -0.4 is 9.64 Å². The third kappa shape index (κ3) is 5.25. The third-order valence-corrected chi connectivity index (χ3v) is 6.27. The van der Waals surface area contributed by atoms with E-state index < -0.39 is 17.7 Å². The van der Waals surface area contributed by atoms with Crippen molar-refractivity contribution in [2.45, 2.75) is 39.2 Å². The summed E-state index contributed by atoms with van der Waals surface area (Å²) in [6.45, 7) is 4.70. The first-order valence-corrected chi connectivity index (χ1v) is 12.1. The van der Waals surface area contributed by atoms with Gasteiger partial charge in [-0.25, -0.2) is 0 Å². The van der Waals surface area contributed by atoms with Crippen molar-refractivity contribution in [3.05, 3.63) is 100 Å². The van der Waals surface area contributed by atoms with E-state index in [0.717, 1.165) is 30.4 Å². The molecule has 35 heavy (non-hydrogen) atoms. The molecule has 1 heterocycles. The Bertz CT molecular complexity index is 1270. The normalized spacial score (nSPS) is 17.1. The molecule has 1 aliphatic heterocycles. The van der Waals surface area contributed by atoms with Crippen molar-refractivity contribution in [2.24, 2.45) is 0 Å². The quantitative estimate of drug-likeness (QED) is 0.163. The van der Waals surface area contributed by atoms with Crippen LogP contribution in [0.2, 0.25) is 5.02 Å². The van der Waals surface area contributed by atoms with Gasteiger partial charge in [0.15, 0.2) is 0 Å². The summed E-state index contributed by atoms with van der Waals surface area (Å²) in [5.74, 6) is -0.991. The zero-order valence-electron chi connectivity index (χ0n) is 19.8. The van der Waals surface area contributed by atoms with Crippen LogP contribution in [0.1, 0.15) is 48.9 Å². The van der Waals surface area contributed by atoms with E-state index in [-0.39, 0.29) is 11.3 Å². The molecule has 180 valence electrons. The molecule has 0 bridgehead atoms. The van der Waals surface area contributed by atoms with Crippen LogP contribution in [0, 0.1) is 6.92 Å². The van der Waals surface area contributed by atoms with E-state index in [9.17, 15) is 14.7 Å². The maximum atomic E-state index is 13.3. The van der Waals surface area contributed by atoms with Crippen molar-refractivity contribution in [3.8, 4) is 5.75 Å². The van der Waals surface area contributed by atoms with Gasteiger partial charge in [0.25, 0.3) is 11.7 Å². The van der Waals surface area contributed by atoms with Gasteiger partial charge in [-0.2, -0.15) is 0 Å². The van der Waals surface area contributed by atoms with Gasteiger partial charge in [-0.3, -0.25) is 14.5 Å². The molecule has 1 aliphatic rings. The van der Waals surface area contributed by atoms with Crippen molar-refractivity contribution in [3.63, 3.8) is 0 Å². The molecular formula is C29H28ClNO4.